The molecule has 0 saturated carbocycles. The number of amides is 2. The molecule has 0 bridgehead atoms. The number of nitrogens with one attached hydrogen (secondary N) is 1. The maximum absolute atomic E-state index is 12.4. The van der Waals surface area contributed by atoms with Crippen molar-refractivity contribution in [2.24, 2.45) is 11.1 Å². The largest absolute Gasteiger partial charge is 0.386 e. The van der Waals surface area contributed by atoms with Gasteiger partial charge in [0.15, 0.2) is 5.60 Å². The molecule has 1 saturated heterocycles. The quantitative estimate of drug-likeness (QED) is 0.915. The topological polar surface area (TPSA) is 83.9 Å². The Kier molecular flexibility index (Phi) is 4.26. The van der Waals surface area contributed by atoms with Crippen molar-refractivity contribution in [1.82, 2.24) is 9.88 Å². The molecule has 1 aromatic heterocycles. The second-order valence-electron chi connectivity index (χ2n) is 6.74. The second kappa shape index (κ2) is 6.22. The number of oxime groups is 1. The summed E-state index contributed by atoms with van der Waals surface area (Å²) in [7, 11) is 0. The Balaban J connectivity index is 1.62. The van der Waals surface area contributed by atoms with Gasteiger partial charge in [-0.1, -0.05) is 19.0 Å². The van der Waals surface area contributed by atoms with Crippen LogP contribution in [-0.4, -0.2) is 46.1 Å². The summed E-state index contributed by atoms with van der Waals surface area (Å²) >= 11 is 0. The number of carbonyl (C=O) groups is 2. The Morgan fingerprint density at radius 3 is 2.92 bits per heavy atom. The lowest BCUT2D eigenvalue weighted by molar-refractivity contribution is -0.134. The maximum Gasteiger partial charge on any atom is 0.273 e. The zero-order chi connectivity index (χ0) is 17.3. The highest BCUT2D eigenvalue weighted by atomic mass is 16.7. The van der Waals surface area contributed by atoms with Crippen molar-refractivity contribution < 1.29 is 14.4 Å². The van der Waals surface area contributed by atoms with Crippen LogP contribution in [-0.2, 0) is 14.4 Å². The number of nitrogens with zero attached hydrogens (tertiary/aromatic N) is 3. The highest BCUT2D eigenvalue weighted by Crippen LogP contribution is 2.34. The summed E-state index contributed by atoms with van der Waals surface area (Å²) in [6.45, 7) is 6.72. The predicted octanol–water partition coefficient (Wildman–Crippen LogP) is 1.73. The molecule has 0 aromatic carbocycles. The fraction of sp³-hybridized carbons (Fsp3) is 0.529. The van der Waals surface area contributed by atoms with Crippen molar-refractivity contribution in [2.45, 2.75) is 39.2 Å². The van der Waals surface area contributed by atoms with Crippen molar-refractivity contribution in [2.75, 3.05) is 18.4 Å². The summed E-state index contributed by atoms with van der Waals surface area (Å²) in [6.07, 6.45) is 2.78. The molecule has 1 aromatic rings. The molecule has 3 rings (SSSR count). The first-order valence-corrected chi connectivity index (χ1v) is 8.17. The smallest absolute Gasteiger partial charge is 0.273 e. The third-order valence-electron chi connectivity index (χ3n) is 4.48. The van der Waals surface area contributed by atoms with Gasteiger partial charge in [-0.15, -0.1) is 0 Å². The highest BCUT2D eigenvalue weighted by molar-refractivity contribution is 6.43. The van der Waals surface area contributed by atoms with Gasteiger partial charge >= 0.3 is 0 Å². The number of hydrogen-bond donors (Lipinski definition) is 1. The van der Waals surface area contributed by atoms with Crippen LogP contribution < -0.4 is 5.32 Å². The Bertz CT molecular complexity index is 701. The number of anilines is 1. The van der Waals surface area contributed by atoms with E-state index in [0.717, 1.165) is 5.69 Å². The second-order valence-corrected chi connectivity index (χ2v) is 6.74. The molecular weight excluding hydrogens is 308 g/mol. The van der Waals surface area contributed by atoms with Gasteiger partial charge in [0.2, 0.25) is 5.91 Å². The number of aryl methyl sites for hydroxylation is 1. The lowest BCUT2D eigenvalue weighted by atomic mass is 9.96. The van der Waals surface area contributed by atoms with Crippen molar-refractivity contribution in [1.29, 1.82) is 0 Å². The van der Waals surface area contributed by atoms with E-state index >= 15 is 0 Å². The minimum Gasteiger partial charge on any atom is -0.386 e. The van der Waals surface area contributed by atoms with Crippen LogP contribution in [0.4, 0.5) is 5.69 Å². The van der Waals surface area contributed by atoms with E-state index in [9.17, 15) is 9.59 Å². The fourth-order valence-electron chi connectivity index (χ4n) is 3.07. The van der Waals surface area contributed by atoms with E-state index in [2.05, 4.69) is 15.5 Å². The number of rotatable bonds is 3. The Labute approximate surface area is 141 Å². The van der Waals surface area contributed by atoms with Crippen LogP contribution in [0.5, 0.6) is 0 Å². The van der Waals surface area contributed by atoms with E-state index in [0.29, 0.717) is 37.3 Å². The summed E-state index contributed by atoms with van der Waals surface area (Å²) in [4.78, 5) is 36.1. The van der Waals surface area contributed by atoms with Gasteiger partial charge in [-0.25, -0.2) is 0 Å². The summed E-state index contributed by atoms with van der Waals surface area (Å²) in [5.74, 6) is -0.213. The van der Waals surface area contributed by atoms with Crippen LogP contribution in [0.2, 0.25) is 0 Å². The van der Waals surface area contributed by atoms with Gasteiger partial charge in [-0.3, -0.25) is 14.6 Å². The highest BCUT2D eigenvalue weighted by Gasteiger charge is 2.48. The lowest BCUT2D eigenvalue weighted by Gasteiger charge is -2.22. The molecule has 7 nitrogen and oxygen atoms in total. The van der Waals surface area contributed by atoms with Crippen LogP contribution in [0.25, 0.3) is 0 Å². The molecule has 7 heteroatoms. The third kappa shape index (κ3) is 3.11. The normalized spacial score (nSPS) is 22.7. The number of hydrogen-bond acceptors (Lipinski definition) is 5. The molecular formula is C17H22N4O3. The fourth-order valence-corrected chi connectivity index (χ4v) is 3.07. The Hall–Kier alpha value is -2.44. The van der Waals surface area contributed by atoms with Gasteiger partial charge in [-0.05, 0) is 19.1 Å². The molecule has 2 aliphatic heterocycles. The van der Waals surface area contributed by atoms with Gasteiger partial charge < -0.3 is 15.1 Å². The van der Waals surface area contributed by atoms with Crippen LogP contribution in [0.1, 0.15) is 32.4 Å². The molecule has 2 aliphatic rings. The summed E-state index contributed by atoms with van der Waals surface area (Å²) in [5, 5.41) is 6.80. The molecule has 0 aliphatic carbocycles. The first-order chi connectivity index (χ1) is 11.4. The summed E-state index contributed by atoms with van der Waals surface area (Å²) < 4.78 is 0. The Morgan fingerprint density at radius 1 is 1.42 bits per heavy atom. The average Bonchev–Trinajstić information content (AvgIpc) is 3.16. The third-order valence-corrected chi connectivity index (χ3v) is 4.48. The molecule has 1 atom stereocenters. The van der Waals surface area contributed by atoms with Crippen LogP contribution in [0.15, 0.2) is 23.5 Å². The molecule has 24 heavy (non-hydrogen) atoms. The number of pyridine rings is 1. The van der Waals surface area contributed by atoms with Crippen molar-refractivity contribution in [3.63, 3.8) is 0 Å². The molecule has 1 spiro atoms. The van der Waals surface area contributed by atoms with Crippen LogP contribution >= 0.6 is 0 Å². The molecule has 128 valence electrons. The molecule has 3 heterocycles. The van der Waals surface area contributed by atoms with Gasteiger partial charge in [0.25, 0.3) is 5.91 Å². The molecule has 1 N–H and O–H groups in total. The van der Waals surface area contributed by atoms with Gasteiger partial charge in [0.05, 0.1) is 17.9 Å². The standard InChI is InChI=1S/C17H22N4O3/c1-11(2)16(23)21-8-6-17(10-21)9-14(20-24-17)15(22)19-13-5-4-7-18-12(13)3/h4-5,7,11H,6,8-10H2,1-3H3,(H,19,22)/t17-/m0/s1. The molecule has 1 fully saturated rings. The minimum atomic E-state index is -0.554. The zero-order valence-corrected chi connectivity index (χ0v) is 14.2. The van der Waals surface area contributed by atoms with Gasteiger partial charge in [0.1, 0.15) is 5.71 Å². The lowest BCUT2D eigenvalue weighted by Crippen LogP contribution is -2.38. The number of aromatic nitrogens is 1. The Morgan fingerprint density at radius 2 is 2.21 bits per heavy atom. The first kappa shape index (κ1) is 16.4. The van der Waals surface area contributed by atoms with Crippen LogP contribution in [0, 0.1) is 12.8 Å². The van der Waals surface area contributed by atoms with E-state index < -0.39 is 5.60 Å². The van der Waals surface area contributed by atoms with Crippen molar-refractivity contribution in [3.05, 3.63) is 24.0 Å². The molecule has 0 radical (unpaired) electrons. The van der Waals surface area contributed by atoms with E-state index in [1.165, 1.54) is 0 Å². The SMILES string of the molecule is Cc1ncccc1NC(=O)C1=NO[C@@]2(CCN(C(=O)C(C)C)C2)C1. The predicted molar refractivity (Wildman–Crippen MR) is 89.5 cm³/mol. The molecule has 2 amide bonds. The maximum atomic E-state index is 12.4. The van der Waals surface area contributed by atoms with E-state index in [4.69, 9.17) is 4.84 Å². The number of carbonyl (C=O) groups excluding carboxylic acids is 2. The molecule has 0 unspecified atom stereocenters. The monoisotopic (exact) mass is 330 g/mol. The van der Waals surface area contributed by atoms with Crippen molar-refractivity contribution >= 4 is 23.2 Å². The number of likely N-dealkylation sites (tertiary alicyclic amines) is 1. The summed E-state index contributed by atoms with van der Waals surface area (Å²) in [5.41, 5.74) is 1.21. The average molecular weight is 330 g/mol. The van der Waals surface area contributed by atoms with E-state index in [-0.39, 0.29) is 17.7 Å². The summed E-state index contributed by atoms with van der Waals surface area (Å²) in [6, 6.07) is 3.56. The van der Waals surface area contributed by atoms with E-state index in [1.54, 1.807) is 23.2 Å². The van der Waals surface area contributed by atoms with Gasteiger partial charge in [0, 0.05) is 31.5 Å². The first-order valence-electron chi connectivity index (χ1n) is 8.17. The van der Waals surface area contributed by atoms with Gasteiger partial charge in [-0.2, -0.15) is 0 Å². The van der Waals surface area contributed by atoms with E-state index in [1.807, 2.05) is 20.8 Å². The zero-order valence-electron chi connectivity index (χ0n) is 14.2. The minimum absolute atomic E-state index is 0.0428. The van der Waals surface area contributed by atoms with Crippen LogP contribution in [0.3, 0.4) is 0 Å². The van der Waals surface area contributed by atoms with Crippen molar-refractivity contribution in [3.8, 4) is 0 Å².